The molecule has 0 aliphatic heterocycles. The highest BCUT2D eigenvalue weighted by atomic mass is 32.1. The summed E-state index contributed by atoms with van der Waals surface area (Å²) in [4.78, 5) is 28.2. The molecule has 0 amide bonds. The molecule has 0 spiro atoms. The second-order valence-electron chi connectivity index (χ2n) is 7.92. The van der Waals surface area contributed by atoms with Crippen molar-refractivity contribution >= 4 is 45.8 Å². The van der Waals surface area contributed by atoms with Crippen LogP contribution >= 0.6 is 11.7 Å². The number of hydrogen-bond acceptors (Lipinski definition) is 7. The molecule has 0 radical (unpaired) electrons. The molecular formula is C26H23N3O4S. The maximum atomic E-state index is 13.7. The predicted octanol–water partition coefficient (Wildman–Crippen LogP) is 4.73. The summed E-state index contributed by atoms with van der Waals surface area (Å²) >= 11 is 1.06. The zero-order valence-corrected chi connectivity index (χ0v) is 19.8. The number of nitrogens with zero attached hydrogens (tertiary/aromatic N) is 3. The van der Waals surface area contributed by atoms with Crippen molar-refractivity contribution in [2.75, 3.05) is 26.1 Å². The highest BCUT2D eigenvalue weighted by Crippen LogP contribution is 2.28. The van der Waals surface area contributed by atoms with Crippen LogP contribution in [0.25, 0.3) is 16.6 Å². The number of ether oxygens (including phenoxy) is 1. The van der Waals surface area contributed by atoms with Crippen LogP contribution in [0.3, 0.4) is 0 Å². The van der Waals surface area contributed by atoms with E-state index >= 15 is 0 Å². The quantitative estimate of drug-likeness (QED) is 0.292. The Bertz CT molecular complexity index is 1370. The number of anilines is 1. The number of benzene rings is 3. The topological polar surface area (TPSA) is 92.6 Å². The summed E-state index contributed by atoms with van der Waals surface area (Å²) in [5, 5.41) is 10.2. The highest BCUT2D eigenvalue weighted by molar-refractivity contribution is 7.00. The zero-order chi connectivity index (χ0) is 24.2. The Hall–Kier alpha value is -4.04. The number of carbonyl (C=O) groups excluding carboxylic acids is 1. The Morgan fingerprint density at radius 1 is 0.912 bits per heavy atom. The molecule has 4 aromatic rings. The molecule has 0 unspecified atom stereocenters. The SMILES string of the molecule is COc1ccc(C(=O)/C(Cc2ccc(N(C)C)cc2)=C(/C(=O)O)c2ccc3nsnc3c2)cc1. The molecule has 0 atom stereocenters. The molecule has 0 saturated carbocycles. The van der Waals surface area contributed by atoms with Crippen LogP contribution in [0.1, 0.15) is 21.5 Å². The summed E-state index contributed by atoms with van der Waals surface area (Å²) in [5.74, 6) is -0.918. The summed E-state index contributed by atoms with van der Waals surface area (Å²) in [6.07, 6.45) is 0.160. The fourth-order valence-corrected chi connectivity index (χ4v) is 4.20. The van der Waals surface area contributed by atoms with E-state index in [1.165, 1.54) is 0 Å². The molecule has 0 bridgehead atoms. The summed E-state index contributed by atoms with van der Waals surface area (Å²) in [6, 6.07) is 19.4. The lowest BCUT2D eigenvalue weighted by Crippen LogP contribution is -2.14. The van der Waals surface area contributed by atoms with E-state index in [-0.39, 0.29) is 23.4 Å². The van der Waals surface area contributed by atoms with E-state index in [4.69, 9.17) is 4.74 Å². The van der Waals surface area contributed by atoms with Crippen molar-refractivity contribution in [1.29, 1.82) is 0 Å². The Balaban J connectivity index is 1.86. The van der Waals surface area contributed by atoms with Gasteiger partial charge in [-0.15, -0.1) is 0 Å². The van der Waals surface area contributed by atoms with E-state index in [1.807, 2.05) is 43.3 Å². The van der Waals surface area contributed by atoms with E-state index < -0.39 is 5.97 Å². The average Bonchev–Trinajstić information content (AvgIpc) is 3.31. The highest BCUT2D eigenvalue weighted by Gasteiger charge is 2.24. The number of methoxy groups -OCH3 is 1. The van der Waals surface area contributed by atoms with Gasteiger partial charge in [-0.2, -0.15) is 8.75 Å². The van der Waals surface area contributed by atoms with E-state index in [2.05, 4.69) is 8.75 Å². The van der Waals surface area contributed by atoms with Crippen LogP contribution in [-0.2, 0) is 11.2 Å². The number of Topliss-reactive ketones (excluding diaryl/α,β-unsaturated/α-hetero) is 1. The largest absolute Gasteiger partial charge is 0.497 e. The van der Waals surface area contributed by atoms with E-state index in [9.17, 15) is 14.7 Å². The molecule has 0 saturated heterocycles. The van der Waals surface area contributed by atoms with Gasteiger partial charge in [0.25, 0.3) is 0 Å². The molecule has 0 aliphatic carbocycles. The van der Waals surface area contributed by atoms with Gasteiger partial charge in [0.1, 0.15) is 16.8 Å². The van der Waals surface area contributed by atoms with E-state index in [1.54, 1.807) is 49.6 Å². The fraction of sp³-hybridized carbons (Fsp3) is 0.154. The van der Waals surface area contributed by atoms with Crippen LogP contribution < -0.4 is 9.64 Å². The van der Waals surface area contributed by atoms with Crippen molar-refractivity contribution in [1.82, 2.24) is 8.75 Å². The average molecular weight is 474 g/mol. The number of ketones is 1. The van der Waals surface area contributed by atoms with Gasteiger partial charge in [-0.05, 0) is 59.7 Å². The number of fused-ring (bicyclic) bond motifs is 1. The maximum absolute atomic E-state index is 13.7. The van der Waals surface area contributed by atoms with E-state index in [0.29, 0.717) is 27.9 Å². The molecule has 7 nitrogen and oxygen atoms in total. The van der Waals surface area contributed by atoms with Crippen LogP contribution in [0.2, 0.25) is 0 Å². The smallest absolute Gasteiger partial charge is 0.336 e. The van der Waals surface area contributed by atoms with Crippen molar-refractivity contribution < 1.29 is 19.4 Å². The Morgan fingerprint density at radius 3 is 2.18 bits per heavy atom. The Kier molecular flexibility index (Phi) is 6.70. The lowest BCUT2D eigenvalue weighted by molar-refractivity contribution is -0.130. The Morgan fingerprint density at radius 2 is 1.56 bits per heavy atom. The van der Waals surface area contributed by atoms with Gasteiger partial charge in [-0.3, -0.25) is 4.79 Å². The number of aliphatic carboxylic acids is 1. The van der Waals surface area contributed by atoms with Gasteiger partial charge in [0.2, 0.25) is 0 Å². The maximum Gasteiger partial charge on any atom is 0.336 e. The molecule has 34 heavy (non-hydrogen) atoms. The molecule has 172 valence electrons. The fourth-order valence-electron chi connectivity index (χ4n) is 3.68. The Labute approximate surface area is 201 Å². The van der Waals surface area contributed by atoms with Gasteiger partial charge in [-0.25, -0.2) is 4.79 Å². The van der Waals surface area contributed by atoms with Crippen LogP contribution in [0.15, 0.2) is 72.3 Å². The number of rotatable bonds is 8. The third kappa shape index (κ3) is 4.82. The molecule has 0 aliphatic rings. The molecule has 1 heterocycles. The second kappa shape index (κ2) is 9.84. The molecular weight excluding hydrogens is 450 g/mol. The van der Waals surface area contributed by atoms with Gasteiger partial charge in [-0.1, -0.05) is 18.2 Å². The van der Waals surface area contributed by atoms with Gasteiger partial charge < -0.3 is 14.7 Å². The minimum atomic E-state index is -1.18. The second-order valence-corrected chi connectivity index (χ2v) is 8.45. The lowest BCUT2D eigenvalue weighted by atomic mass is 9.89. The van der Waals surface area contributed by atoms with Gasteiger partial charge in [0, 0.05) is 37.3 Å². The number of carboxylic acids is 1. The van der Waals surface area contributed by atoms with Gasteiger partial charge in [0.15, 0.2) is 5.78 Å². The predicted molar refractivity (Wildman–Crippen MR) is 134 cm³/mol. The van der Waals surface area contributed by atoms with Gasteiger partial charge >= 0.3 is 5.97 Å². The van der Waals surface area contributed by atoms with Crippen LogP contribution in [-0.4, -0.2) is 46.8 Å². The number of carbonyl (C=O) groups is 2. The minimum absolute atomic E-state index is 0.0487. The zero-order valence-electron chi connectivity index (χ0n) is 19.0. The van der Waals surface area contributed by atoms with Crippen molar-refractivity contribution in [2.45, 2.75) is 6.42 Å². The molecule has 0 fully saturated rings. The van der Waals surface area contributed by atoms with Crippen LogP contribution in [0.4, 0.5) is 5.69 Å². The number of aromatic nitrogens is 2. The lowest BCUT2D eigenvalue weighted by Gasteiger charge is -2.15. The van der Waals surface area contributed by atoms with Crippen LogP contribution in [0.5, 0.6) is 5.75 Å². The molecule has 1 aromatic heterocycles. The molecule has 4 rings (SSSR count). The first kappa shape index (κ1) is 23.1. The summed E-state index contributed by atoms with van der Waals surface area (Å²) < 4.78 is 13.6. The normalized spacial score (nSPS) is 11.7. The number of hydrogen-bond donors (Lipinski definition) is 1. The summed E-state index contributed by atoms with van der Waals surface area (Å²) in [6.45, 7) is 0. The molecule has 3 aromatic carbocycles. The summed E-state index contributed by atoms with van der Waals surface area (Å²) in [7, 11) is 5.44. The van der Waals surface area contributed by atoms with Gasteiger partial charge in [0.05, 0.1) is 24.4 Å². The standard InChI is InChI=1S/C26H23N3O4S/c1-29(2)19-9-4-16(5-10-19)14-21(25(30)17-6-11-20(33-3)12-7-17)24(26(31)32)18-8-13-22-23(15-18)28-34-27-22/h4-13,15H,14H2,1-3H3,(H,31,32)/b24-21+. The number of allylic oxidation sites excluding steroid dienone is 1. The van der Waals surface area contributed by atoms with Crippen LogP contribution in [0, 0.1) is 0 Å². The third-order valence-electron chi connectivity index (χ3n) is 5.52. The first-order chi connectivity index (χ1) is 16.4. The minimum Gasteiger partial charge on any atom is -0.497 e. The van der Waals surface area contributed by atoms with Crippen molar-refractivity contribution in [3.8, 4) is 5.75 Å². The third-order valence-corrected chi connectivity index (χ3v) is 6.07. The molecule has 1 N–H and O–H groups in total. The number of carboxylic acid groups (broad SMARTS) is 1. The molecule has 8 heteroatoms. The van der Waals surface area contributed by atoms with E-state index in [0.717, 1.165) is 23.0 Å². The monoisotopic (exact) mass is 473 g/mol. The first-order valence-electron chi connectivity index (χ1n) is 10.5. The summed E-state index contributed by atoms with van der Waals surface area (Å²) in [5.41, 5.74) is 4.05. The first-order valence-corrected chi connectivity index (χ1v) is 11.2. The van der Waals surface area contributed by atoms with Crippen molar-refractivity contribution in [2.24, 2.45) is 0 Å². The van der Waals surface area contributed by atoms with Crippen molar-refractivity contribution in [3.05, 3.63) is 89.0 Å². The van der Waals surface area contributed by atoms with Crippen molar-refractivity contribution in [3.63, 3.8) is 0 Å².